The van der Waals surface area contributed by atoms with Gasteiger partial charge in [0.05, 0.1) is 22.5 Å². The molecule has 1 unspecified atom stereocenters. The fraction of sp³-hybridized carbons (Fsp3) is 0.455. The van der Waals surface area contributed by atoms with E-state index in [9.17, 15) is 18.5 Å². The molecule has 0 aromatic heterocycles. The summed E-state index contributed by atoms with van der Waals surface area (Å²) in [7, 11) is -3.78. The third kappa shape index (κ3) is 3.73. The number of morpholine rings is 1. The molecule has 0 aliphatic carbocycles. The number of non-ortho nitro benzene ring substituents is 1. The molecular formula is C11H15N3O5S. The first-order valence-electron chi connectivity index (χ1n) is 6.05. The van der Waals surface area contributed by atoms with Crippen LogP contribution in [0.4, 0.5) is 5.69 Å². The van der Waals surface area contributed by atoms with Crippen LogP contribution in [0, 0.1) is 10.1 Å². The van der Waals surface area contributed by atoms with E-state index >= 15 is 0 Å². The number of hydrogen-bond donors (Lipinski definition) is 2. The number of sulfonamides is 1. The predicted octanol–water partition coefficient (Wildman–Crippen LogP) is -0.138. The van der Waals surface area contributed by atoms with Crippen molar-refractivity contribution in [1.82, 2.24) is 10.0 Å². The van der Waals surface area contributed by atoms with Crippen molar-refractivity contribution in [3.05, 3.63) is 34.4 Å². The molecule has 8 nitrogen and oxygen atoms in total. The zero-order valence-corrected chi connectivity index (χ0v) is 11.4. The first-order valence-corrected chi connectivity index (χ1v) is 7.54. The number of hydrogen-bond acceptors (Lipinski definition) is 6. The van der Waals surface area contributed by atoms with Gasteiger partial charge < -0.3 is 10.1 Å². The zero-order valence-electron chi connectivity index (χ0n) is 10.6. The van der Waals surface area contributed by atoms with Gasteiger partial charge in [-0.05, 0) is 6.07 Å². The number of nitrogens with zero attached hydrogens (tertiary/aromatic N) is 1. The molecule has 0 saturated carbocycles. The Balaban J connectivity index is 2.05. The lowest BCUT2D eigenvalue weighted by molar-refractivity contribution is -0.385. The minimum absolute atomic E-state index is 0.123. The summed E-state index contributed by atoms with van der Waals surface area (Å²) in [5, 5.41) is 13.7. The van der Waals surface area contributed by atoms with E-state index in [0.29, 0.717) is 13.2 Å². The normalized spacial score (nSPS) is 19.7. The van der Waals surface area contributed by atoms with Crippen LogP contribution >= 0.6 is 0 Å². The molecule has 1 aromatic rings. The number of nitro groups is 1. The van der Waals surface area contributed by atoms with E-state index in [1.807, 2.05) is 0 Å². The molecule has 110 valence electrons. The summed E-state index contributed by atoms with van der Waals surface area (Å²) in [4.78, 5) is 9.89. The van der Waals surface area contributed by atoms with Crippen LogP contribution in [-0.4, -0.2) is 45.7 Å². The fourth-order valence-electron chi connectivity index (χ4n) is 1.80. The highest BCUT2D eigenvalue weighted by molar-refractivity contribution is 7.89. The van der Waals surface area contributed by atoms with Gasteiger partial charge in [0.15, 0.2) is 0 Å². The number of nitro benzene ring substituents is 1. The average Bonchev–Trinajstić information content (AvgIpc) is 2.46. The summed E-state index contributed by atoms with van der Waals surface area (Å²) in [6.07, 6.45) is -0.239. The van der Waals surface area contributed by atoms with Gasteiger partial charge >= 0.3 is 0 Å². The molecule has 0 spiro atoms. The summed E-state index contributed by atoms with van der Waals surface area (Å²) in [5.41, 5.74) is -0.261. The van der Waals surface area contributed by atoms with E-state index in [-0.39, 0.29) is 23.2 Å². The first-order chi connectivity index (χ1) is 9.49. The van der Waals surface area contributed by atoms with Crippen molar-refractivity contribution in [3.63, 3.8) is 0 Å². The quantitative estimate of drug-likeness (QED) is 0.578. The molecule has 1 aliphatic heterocycles. The minimum atomic E-state index is -3.78. The maximum Gasteiger partial charge on any atom is 0.270 e. The highest BCUT2D eigenvalue weighted by Crippen LogP contribution is 2.17. The lowest BCUT2D eigenvalue weighted by Gasteiger charge is -2.23. The Bertz CT molecular complexity index is 583. The molecule has 1 saturated heterocycles. The van der Waals surface area contributed by atoms with Crippen LogP contribution in [0.1, 0.15) is 0 Å². The summed E-state index contributed by atoms with van der Waals surface area (Å²) in [5.74, 6) is 0. The van der Waals surface area contributed by atoms with Crippen molar-refractivity contribution in [3.8, 4) is 0 Å². The highest BCUT2D eigenvalue weighted by atomic mass is 32.2. The van der Waals surface area contributed by atoms with Crippen molar-refractivity contribution in [2.24, 2.45) is 0 Å². The van der Waals surface area contributed by atoms with Gasteiger partial charge in [0, 0.05) is 31.8 Å². The lowest BCUT2D eigenvalue weighted by atomic mass is 10.3. The largest absolute Gasteiger partial charge is 0.374 e. The van der Waals surface area contributed by atoms with Gasteiger partial charge in [-0.15, -0.1) is 0 Å². The monoisotopic (exact) mass is 301 g/mol. The van der Waals surface area contributed by atoms with Gasteiger partial charge in [0.25, 0.3) is 5.69 Å². The minimum Gasteiger partial charge on any atom is -0.374 e. The van der Waals surface area contributed by atoms with Gasteiger partial charge in [-0.25, -0.2) is 13.1 Å². The second-order valence-corrected chi connectivity index (χ2v) is 6.07. The van der Waals surface area contributed by atoms with Crippen LogP contribution in [0.15, 0.2) is 29.2 Å². The van der Waals surface area contributed by atoms with Crippen molar-refractivity contribution in [2.45, 2.75) is 11.0 Å². The molecule has 1 atom stereocenters. The summed E-state index contributed by atoms with van der Waals surface area (Å²) in [6.45, 7) is 1.97. The van der Waals surface area contributed by atoms with Crippen LogP contribution in [0.3, 0.4) is 0 Å². The van der Waals surface area contributed by atoms with Gasteiger partial charge in [-0.3, -0.25) is 10.1 Å². The van der Waals surface area contributed by atoms with Crippen LogP contribution in [0.5, 0.6) is 0 Å². The Labute approximate surface area is 116 Å². The van der Waals surface area contributed by atoms with Crippen molar-refractivity contribution < 1.29 is 18.1 Å². The highest BCUT2D eigenvalue weighted by Gasteiger charge is 2.20. The van der Waals surface area contributed by atoms with E-state index in [2.05, 4.69) is 10.0 Å². The topological polar surface area (TPSA) is 111 Å². The number of rotatable bonds is 5. The number of benzene rings is 1. The molecular weight excluding hydrogens is 286 g/mol. The molecule has 0 radical (unpaired) electrons. The third-order valence-electron chi connectivity index (χ3n) is 2.84. The molecule has 2 N–H and O–H groups in total. The van der Waals surface area contributed by atoms with E-state index in [1.165, 1.54) is 18.2 Å². The van der Waals surface area contributed by atoms with Gasteiger partial charge in [-0.2, -0.15) is 0 Å². The molecule has 20 heavy (non-hydrogen) atoms. The van der Waals surface area contributed by atoms with Crippen LogP contribution in [0.25, 0.3) is 0 Å². The van der Waals surface area contributed by atoms with Gasteiger partial charge in [0.1, 0.15) is 0 Å². The zero-order chi connectivity index (χ0) is 14.6. The Morgan fingerprint density at radius 1 is 1.50 bits per heavy atom. The van der Waals surface area contributed by atoms with Crippen LogP contribution < -0.4 is 10.0 Å². The Morgan fingerprint density at radius 2 is 2.30 bits per heavy atom. The maximum atomic E-state index is 12.0. The lowest BCUT2D eigenvalue weighted by Crippen LogP contribution is -2.45. The summed E-state index contributed by atoms with van der Waals surface area (Å²) in [6, 6.07) is 4.93. The van der Waals surface area contributed by atoms with Gasteiger partial charge in [-0.1, -0.05) is 6.07 Å². The smallest absolute Gasteiger partial charge is 0.270 e. The van der Waals surface area contributed by atoms with E-state index in [0.717, 1.165) is 12.6 Å². The van der Waals surface area contributed by atoms with Crippen molar-refractivity contribution in [1.29, 1.82) is 0 Å². The maximum absolute atomic E-state index is 12.0. The molecule has 1 fully saturated rings. The van der Waals surface area contributed by atoms with Crippen molar-refractivity contribution >= 4 is 15.7 Å². The van der Waals surface area contributed by atoms with E-state index in [1.54, 1.807) is 0 Å². The second-order valence-electron chi connectivity index (χ2n) is 4.30. The third-order valence-corrected chi connectivity index (χ3v) is 4.27. The summed E-state index contributed by atoms with van der Waals surface area (Å²) >= 11 is 0. The van der Waals surface area contributed by atoms with Crippen LogP contribution in [-0.2, 0) is 14.8 Å². The predicted molar refractivity (Wildman–Crippen MR) is 70.9 cm³/mol. The molecule has 1 heterocycles. The summed E-state index contributed by atoms with van der Waals surface area (Å²) < 4.78 is 31.8. The fourth-order valence-corrected chi connectivity index (χ4v) is 2.91. The Hall–Kier alpha value is -1.55. The molecule has 2 rings (SSSR count). The van der Waals surface area contributed by atoms with E-state index < -0.39 is 14.9 Å². The molecule has 1 aliphatic rings. The first kappa shape index (κ1) is 14.9. The van der Waals surface area contributed by atoms with Gasteiger partial charge in [0.2, 0.25) is 10.0 Å². The average molecular weight is 301 g/mol. The molecule has 0 amide bonds. The number of ether oxygens (including phenoxy) is 1. The Kier molecular flexibility index (Phi) is 4.65. The SMILES string of the molecule is O=[N+]([O-])c1cccc(S(=O)(=O)NCC2CNCCO2)c1. The second kappa shape index (κ2) is 6.27. The van der Waals surface area contributed by atoms with Crippen molar-refractivity contribution in [2.75, 3.05) is 26.2 Å². The van der Waals surface area contributed by atoms with E-state index in [4.69, 9.17) is 4.74 Å². The molecule has 1 aromatic carbocycles. The molecule has 9 heteroatoms. The Morgan fingerprint density at radius 3 is 2.95 bits per heavy atom. The molecule has 0 bridgehead atoms. The standard InChI is InChI=1S/C11H15N3O5S/c15-14(16)9-2-1-3-11(6-9)20(17,18)13-8-10-7-12-4-5-19-10/h1-3,6,10,12-13H,4-5,7-8H2. The van der Waals surface area contributed by atoms with Crippen LogP contribution in [0.2, 0.25) is 0 Å². The number of nitrogens with one attached hydrogen (secondary N) is 2.